The van der Waals surface area contributed by atoms with E-state index in [0.717, 1.165) is 31.9 Å². The fourth-order valence-corrected chi connectivity index (χ4v) is 2.87. The number of aliphatic imine (C=N–C) groups is 1. The number of thiophene rings is 1. The first-order valence-electron chi connectivity index (χ1n) is 7.25. The molecular weight excluding hydrogens is 381 g/mol. The quantitative estimate of drug-likeness (QED) is 0.310. The van der Waals surface area contributed by atoms with Crippen LogP contribution in [0.2, 0.25) is 0 Å². The first-order chi connectivity index (χ1) is 9.15. The Bertz CT molecular complexity index is 390. The smallest absolute Gasteiger partial charge is 0.191 e. The van der Waals surface area contributed by atoms with Gasteiger partial charge in [0.2, 0.25) is 0 Å². The van der Waals surface area contributed by atoms with Gasteiger partial charge in [0.25, 0.3) is 0 Å². The molecule has 0 spiro atoms. The van der Waals surface area contributed by atoms with Crippen LogP contribution in [-0.4, -0.2) is 25.1 Å². The average molecular weight is 409 g/mol. The van der Waals surface area contributed by atoms with E-state index in [2.05, 4.69) is 55.5 Å². The van der Waals surface area contributed by atoms with Gasteiger partial charge in [0, 0.05) is 35.3 Å². The Morgan fingerprint density at radius 1 is 1.35 bits per heavy atom. The molecule has 0 saturated carbocycles. The maximum atomic E-state index is 4.59. The summed E-state index contributed by atoms with van der Waals surface area (Å²) in [4.78, 5) is 7.40. The van der Waals surface area contributed by atoms with Gasteiger partial charge in [-0.15, -0.1) is 35.3 Å². The van der Waals surface area contributed by atoms with Gasteiger partial charge >= 0.3 is 0 Å². The number of guanidine groups is 1. The normalized spacial score (nSPS) is 12.7. The predicted molar refractivity (Wildman–Crippen MR) is 102 cm³/mol. The largest absolute Gasteiger partial charge is 0.357 e. The molecule has 20 heavy (non-hydrogen) atoms. The van der Waals surface area contributed by atoms with Crippen molar-refractivity contribution in [2.75, 3.05) is 13.1 Å². The van der Waals surface area contributed by atoms with E-state index >= 15 is 0 Å². The lowest BCUT2D eigenvalue weighted by molar-refractivity contribution is 0.643. The molecule has 3 nitrogen and oxygen atoms in total. The van der Waals surface area contributed by atoms with Crippen LogP contribution >= 0.6 is 35.3 Å². The molecule has 0 bridgehead atoms. The zero-order valence-corrected chi connectivity index (χ0v) is 16.2. The number of halogens is 1. The Kier molecular flexibility index (Phi) is 11.2. The summed E-state index contributed by atoms with van der Waals surface area (Å²) in [5, 5.41) is 6.79. The lowest BCUT2D eigenvalue weighted by Gasteiger charge is -2.17. The van der Waals surface area contributed by atoms with E-state index < -0.39 is 0 Å². The van der Waals surface area contributed by atoms with E-state index in [4.69, 9.17) is 0 Å². The number of hydrogen-bond acceptors (Lipinski definition) is 2. The van der Waals surface area contributed by atoms with Gasteiger partial charge in [0.15, 0.2) is 5.96 Å². The van der Waals surface area contributed by atoms with E-state index in [9.17, 15) is 0 Å². The molecule has 1 aromatic rings. The highest BCUT2D eigenvalue weighted by Crippen LogP contribution is 2.16. The molecule has 2 N–H and O–H groups in total. The van der Waals surface area contributed by atoms with Crippen molar-refractivity contribution in [2.24, 2.45) is 4.99 Å². The zero-order valence-electron chi connectivity index (χ0n) is 13.0. The number of aryl methyl sites for hydroxylation is 1. The van der Waals surface area contributed by atoms with Crippen LogP contribution in [0.25, 0.3) is 0 Å². The highest BCUT2D eigenvalue weighted by atomic mass is 127. The summed E-state index contributed by atoms with van der Waals surface area (Å²) < 4.78 is 0. The Hall–Kier alpha value is -0.300. The fourth-order valence-electron chi connectivity index (χ4n) is 1.85. The molecule has 1 aromatic heterocycles. The van der Waals surface area contributed by atoms with Crippen LogP contribution in [0.1, 0.15) is 43.4 Å². The van der Waals surface area contributed by atoms with Crippen LogP contribution in [-0.2, 0) is 6.42 Å². The third-order valence-electron chi connectivity index (χ3n) is 2.81. The standard InChI is InChI=1S/C15H27N3S.HI/c1-5-7-10-17-15(16-6-2)18-12(3)11-14-9-8-13(4)19-14;/h8-9,12H,5-7,10-11H2,1-4H3,(H2,16,17,18);1H. The van der Waals surface area contributed by atoms with Gasteiger partial charge in [-0.2, -0.15) is 0 Å². The van der Waals surface area contributed by atoms with Crippen molar-refractivity contribution < 1.29 is 0 Å². The first kappa shape index (κ1) is 19.7. The summed E-state index contributed by atoms with van der Waals surface area (Å²) in [6.07, 6.45) is 3.39. The Morgan fingerprint density at radius 2 is 2.10 bits per heavy atom. The van der Waals surface area contributed by atoms with E-state index in [1.807, 2.05) is 11.3 Å². The number of unbranched alkanes of at least 4 members (excludes halogenated alkanes) is 1. The second kappa shape index (κ2) is 11.4. The third kappa shape index (κ3) is 8.09. The Labute approximate surface area is 144 Å². The molecule has 1 atom stereocenters. The van der Waals surface area contributed by atoms with E-state index in [-0.39, 0.29) is 24.0 Å². The van der Waals surface area contributed by atoms with Crippen LogP contribution in [0.4, 0.5) is 0 Å². The van der Waals surface area contributed by atoms with Crippen molar-refractivity contribution in [3.63, 3.8) is 0 Å². The molecule has 0 fully saturated rings. The lowest BCUT2D eigenvalue weighted by atomic mass is 10.2. The molecule has 1 rings (SSSR count). The average Bonchev–Trinajstić information content (AvgIpc) is 2.75. The number of nitrogens with one attached hydrogen (secondary N) is 2. The minimum absolute atomic E-state index is 0. The second-order valence-electron chi connectivity index (χ2n) is 4.88. The maximum Gasteiger partial charge on any atom is 0.191 e. The van der Waals surface area contributed by atoms with Crippen LogP contribution < -0.4 is 10.6 Å². The highest BCUT2D eigenvalue weighted by Gasteiger charge is 2.07. The first-order valence-corrected chi connectivity index (χ1v) is 8.07. The molecule has 0 saturated heterocycles. The van der Waals surface area contributed by atoms with Crippen molar-refractivity contribution in [3.8, 4) is 0 Å². The van der Waals surface area contributed by atoms with Gasteiger partial charge in [-0.3, -0.25) is 4.99 Å². The molecule has 0 amide bonds. The fraction of sp³-hybridized carbons (Fsp3) is 0.667. The summed E-state index contributed by atoms with van der Waals surface area (Å²) in [6.45, 7) is 10.5. The van der Waals surface area contributed by atoms with Crippen molar-refractivity contribution >= 4 is 41.3 Å². The molecule has 0 aliphatic rings. The summed E-state index contributed by atoms with van der Waals surface area (Å²) >= 11 is 1.88. The van der Waals surface area contributed by atoms with E-state index in [0.29, 0.717) is 6.04 Å². The highest BCUT2D eigenvalue weighted by molar-refractivity contribution is 14.0. The van der Waals surface area contributed by atoms with Crippen molar-refractivity contribution in [3.05, 3.63) is 21.9 Å². The predicted octanol–water partition coefficient (Wildman–Crippen LogP) is 3.96. The molecule has 116 valence electrons. The summed E-state index contributed by atoms with van der Waals surface area (Å²) in [6, 6.07) is 4.81. The topological polar surface area (TPSA) is 36.4 Å². The van der Waals surface area contributed by atoms with Crippen molar-refractivity contribution in [2.45, 2.75) is 53.0 Å². The molecule has 1 heterocycles. The summed E-state index contributed by atoms with van der Waals surface area (Å²) in [5.41, 5.74) is 0. The Balaban J connectivity index is 0.00000361. The van der Waals surface area contributed by atoms with E-state index in [1.165, 1.54) is 16.2 Å². The van der Waals surface area contributed by atoms with Crippen molar-refractivity contribution in [1.29, 1.82) is 0 Å². The van der Waals surface area contributed by atoms with Gasteiger partial charge in [0.1, 0.15) is 0 Å². The number of hydrogen-bond donors (Lipinski definition) is 2. The minimum atomic E-state index is 0. The Morgan fingerprint density at radius 3 is 2.65 bits per heavy atom. The maximum absolute atomic E-state index is 4.59. The van der Waals surface area contributed by atoms with Crippen molar-refractivity contribution in [1.82, 2.24) is 10.6 Å². The summed E-state index contributed by atoms with van der Waals surface area (Å²) in [7, 11) is 0. The molecular formula is C15H28IN3S. The van der Waals surface area contributed by atoms with E-state index in [1.54, 1.807) is 0 Å². The molecule has 0 aromatic carbocycles. The number of rotatable bonds is 7. The molecule has 0 aliphatic heterocycles. The third-order valence-corrected chi connectivity index (χ3v) is 3.84. The van der Waals surface area contributed by atoms with Gasteiger partial charge in [-0.05, 0) is 39.3 Å². The SMILES string of the molecule is CCCCN=C(NCC)NC(C)Cc1ccc(C)s1.I. The summed E-state index contributed by atoms with van der Waals surface area (Å²) in [5.74, 6) is 0.941. The van der Waals surface area contributed by atoms with Gasteiger partial charge in [-0.25, -0.2) is 0 Å². The minimum Gasteiger partial charge on any atom is -0.357 e. The molecule has 1 unspecified atom stereocenters. The monoisotopic (exact) mass is 409 g/mol. The van der Waals surface area contributed by atoms with Gasteiger partial charge < -0.3 is 10.6 Å². The van der Waals surface area contributed by atoms with Gasteiger partial charge in [0.05, 0.1) is 0 Å². The van der Waals surface area contributed by atoms with Crippen LogP contribution in [0, 0.1) is 6.92 Å². The lowest BCUT2D eigenvalue weighted by Crippen LogP contribution is -2.43. The van der Waals surface area contributed by atoms with Crippen LogP contribution in [0.15, 0.2) is 17.1 Å². The van der Waals surface area contributed by atoms with Crippen LogP contribution in [0.5, 0.6) is 0 Å². The second-order valence-corrected chi connectivity index (χ2v) is 6.25. The molecule has 0 radical (unpaired) electrons. The molecule has 0 aliphatic carbocycles. The zero-order chi connectivity index (χ0) is 14.1. The number of nitrogens with zero attached hydrogens (tertiary/aromatic N) is 1. The van der Waals surface area contributed by atoms with Crippen LogP contribution in [0.3, 0.4) is 0 Å². The van der Waals surface area contributed by atoms with Gasteiger partial charge in [-0.1, -0.05) is 13.3 Å². The molecule has 5 heteroatoms.